The molecule has 0 aliphatic heterocycles. The minimum Gasteiger partial charge on any atom is -0.478 e. The van der Waals surface area contributed by atoms with Crippen LogP contribution in [0.2, 0.25) is 0 Å². The molecule has 0 atom stereocenters. The van der Waals surface area contributed by atoms with E-state index in [0.29, 0.717) is 16.4 Å². The molecule has 4 rings (SSSR count). The summed E-state index contributed by atoms with van der Waals surface area (Å²) in [5.74, 6) is -0.197. The highest BCUT2D eigenvalue weighted by Gasteiger charge is 2.54. The van der Waals surface area contributed by atoms with Crippen molar-refractivity contribution in [2.75, 3.05) is 0 Å². The van der Waals surface area contributed by atoms with Crippen LogP contribution in [0.15, 0.2) is 23.0 Å². The number of nitrogens with zero attached hydrogens (tertiary/aromatic N) is 1. The van der Waals surface area contributed by atoms with E-state index >= 15 is 0 Å². The Kier molecular flexibility index (Phi) is 2.20. The number of carbonyl (C=O) groups is 1. The van der Waals surface area contributed by atoms with Crippen molar-refractivity contribution in [1.29, 1.82) is 0 Å². The molecule has 0 radical (unpaired) electrons. The molecule has 2 N–H and O–H groups in total. The first-order chi connectivity index (χ1) is 9.59. The van der Waals surface area contributed by atoms with Crippen LogP contribution in [0.1, 0.15) is 36.0 Å². The van der Waals surface area contributed by atoms with Crippen molar-refractivity contribution in [2.24, 2.45) is 11.3 Å². The molecule has 20 heavy (non-hydrogen) atoms. The molecule has 0 unspecified atom stereocenters. The standard InChI is InChI=1S/C15H16N2O3/c18-13(19)9-1-4-11-12(7-9)17(14(20)16-11)8-15(5-6-15)10-2-3-10/h1,4,7,10H,2-3,5-6,8H2,(H,16,20)(H,18,19). The fourth-order valence-corrected chi connectivity index (χ4v) is 3.31. The van der Waals surface area contributed by atoms with E-state index in [4.69, 9.17) is 5.11 Å². The fourth-order valence-electron chi connectivity index (χ4n) is 3.31. The first kappa shape index (κ1) is 11.8. The van der Waals surface area contributed by atoms with Crippen LogP contribution in [0.25, 0.3) is 11.0 Å². The number of H-pyrrole nitrogens is 1. The lowest BCUT2D eigenvalue weighted by Crippen LogP contribution is -2.23. The van der Waals surface area contributed by atoms with Gasteiger partial charge in [0.05, 0.1) is 16.6 Å². The van der Waals surface area contributed by atoms with Gasteiger partial charge >= 0.3 is 11.7 Å². The number of aromatic nitrogens is 2. The van der Waals surface area contributed by atoms with E-state index in [1.165, 1.54) is 31.7 Å². The van der Waals surface area contributed by atoms with Crippen molar-refractivity contribution in [3.05, 3.63) is 34.2 Å². The molecule has 2 fully saturated rings. The molecule has 2 saturated carbocycles. The van der Waals surface area contributed by atoms with Gasteiger partial charge in [-0.25, -0.2) is 9.59 Å². The van der Waals surface area contributed by atoms with Crippen LogP contribution in [0.3, 0.4) is 0 Å². The van der Waals surface area contributed by atoms with E-state index in [1.54, 1.807) is 16.7 Å². The van der Waals surface area contributed by atoms with E-state index in [1.807, 2.05) is 0 Å². The topological polar surface area (TPSA) is 75.1 Å². The van der Waals surface area contributed by atoms with Gasteiger partial charge in [0.25, 0.3) is 0 Å². The number of nitrogens with one attached hydrogen (secondary N) is 1. The van der Waals surface area contributed by atoms with Gasteiger partial charge in [0, 0.05) is 6.54 Å². The average Bonchev–Trinajstić information content (AvgIpc) is 3.29. The van der Waals surface area contributed by atoms with Gasteiger partial charge in [0.15, 0.2) is 0 Å². The molecule has 104 valence electrons. The molecular weight excluding hydrogens is 256 g/mol. The van der Waals surface area contributed by atoms with Gasteiger partial charge in [-0.05, 0) is 55.2 Å². The minimum absolute atomic E-state index is 0.130. The van der Waals surface area contributed by atoms with Crippen molar-refractivity contribution >= 4 is 17.0 Å². The van der Waals surface area contributed by atoms with Gasteiger partial charge in [-0.3, -0.25) is 4.57 Å². The Morgan fingerprint density at radius 1 is 1.40 bits per heavy atom. The summed E-state index contributed by atoms with van der Waals surface area (Å²) in [7, 11) is 0. The first-order valence-electron chi connectivity index (χ1n) is 7.05. The second-order valence-electron chi connectivity index (χ2n) is 6.19. The fraction of sp³-hybridized carbons (Fsp3) is 0.467. The summed E-state index contributed by atoms with van der Waals surface area (Å²) in [6.07, 6.45) is 4.93. The summed E-state index contributed by atoms with van der Waals surface area (Å²) >= 11 is 0. The lowest BCUT2D eigenvalue weighted by molar-refractivity contribution is 0.0697. The molecule has 5 nitrogen and oxygen atoms in total. The number of benzene rings is 1. The summed E-state index contributed by atoms with van der Waals surface area (Å²) in [6, 6.07) is 4.80. The van der Waals surface area contributed by atoms with Crippen LogP contribution < -0.4 is 5.69 Å². The molecule has 0 amide bonds. The van der Waals surface area contributed by atoms with Gasteiger partial charge in [0.2, 0.25) is 0 Å². The Morgan fingerprint density at radius 3 is 2.75 bits per heavy atom. The quantitative estimate of drug-likeness (QED) is 0.896. The molecule has 0 saturated heterocycles. The second-order valence-corrected chi connectivity index (χ2v) is 6.19. The van der Waals surface area contributed by atoms with Crippen LogP contribution in [0, 0.1) is 11.3 Å². The zero-order valence-corrected chi connectivity index (χ0v) is 11.1. The number of hydrogen-bond donors (Lipinski definition) is 2. The zero-order valence-electron chi connectivity index (χ0n) is 11.1. The van der Waals surface area contributed by atoms with Crippen LogP contribution in [-0.2, 0) is 6.54 Å². The predicted octanol–water partition coefficient (Wildman–Crippen LogP) is 2.22. The van der Waals surface area contributed by atoms with E-state index in [-0.39, 0.29) is 11.3 Å². The van der Waals surface area contributed by atoms with E-state index < -0.39 is 5.97 Å². The molecule has 2 aromatic rings. The average molecular weight is 272 g/mol. The van der Waals surface area contributed by atoms with Crippen LogP contribution in [0.4, 0.5) is 0 Å². The second kappa shape index (κ2) is 3.75. The molecule has 1 aromatic heterocycles. The Morgan fingerprint density at radius 2 is 2.15 bits per heavy atom. The third-order valence-electron chi connectivity index (χ3n) is 4.83. The molecule has 2 aliphatic carbocycles. The van der Waals surface area contributed by atoms with E-state index in [9.17, 15) is 9.59 Å². The monoisotopic (exact) mass is 272 g/mol. The number of aromatic carboxylic acids is 1. The maximum Gasteiger partial charge on any atom is 0.335 e. The van der Waals surface area contributed by atoms with Gasteiger partial charge in [-0.1, -0.05) is 0 Å². The summed E-state index contributed by atoms with van der Waals surface area (Å²) in [5.41, 5.74) is 1.82. The molecule has 2 aliphatic rings. The molecule has 0 bridgehead atoms. The molecule has 1 aromatic carbocycles. The lowest BCUT2D eigenvalue weighted by atomic mass is 10.0. The Labute approximate surface area is 115 Å². The maximum atomic E-state index is 12.1. The number of imidazole rings is 1. The number of hydrogen-bond acceptors (Lipinski definition) is 2. The number of fused-ring (bicyclic) bond motifs is 1. The predicted molar refractivity (Wildman–Crippen MR) is 73.9 cm³/mol. The van der Waals surface area contributed by atoms with Crippen molar-refractivity contribution in [2.45, 2.75) is 32.2 Å². The Bertz CT molecular complexity index is 763. The normalized spacial score (nSPS) is 20.2. The minimum atomic E-state index is -0.963. The third kappa shape index (κ3) is 1.69. The summed E-state index contributed by atoms with van der Waals surface area (Å²) in [4.78, 5) is 26.0. The van der Waals surface area contributed by atoms with Crippen LogP contribution in [0.5, 0.6) is 0 Å². The highest BCUT2D eigenvalue weighted by Crippen LogP contribution is 2.62. The van der Waals surface area contributed by atoms with Gasteiger partial charge in [-0.2, -0.15) is 0 Å². The number of aromatic amines is 1. The number of carboxylic acids is 1. The molecular formula is C15H16N2O3. The molecule has 1 heterocycles. The SMILES string of the molecule is O=C(O)c1ccc2[nH]c(=O)n(CC3(C4CC4)CC3)c2c1. The summed E-state index contributed by atoms with van der Waals surface area (Å²) in [5, 5.41) is 9.09. The van der Waals surface area contributed by atoms with Crippen LogP contribution in [-0.4, -0.2) is 20.6 Å². The van der Waals surface area contributed by atoms with E-state index in [2.05, 4.69) is 4.98 Å². The van der Waals surface area contributed by atoms with Gasteiger partial charge < -0.3 is 10.1 Å². The van der Waals surface area contributed by atoms with Crippen LogP contribution >= 0.6 is 0 Å². The van der Waals surface area contributed by atoms with Crippen molar-refractivity contribution in [1.82, 2.24) is 9.55 Å². The number of rotatable bonds is 4. The Hall–Kier alpha value is -2.04. The highest BCUT2D eigenvalue weighted by atomic mass is 16.4. The Balaban J connectivity index is 1.81. The smallest absolute Gasteiger partial charge is 0.335 e. The van der Waals surface area contributed by atoms with Crippen molar-refractivity contribution < 1.29 is 9.90 Å². The highest BCUT2D eigenvalue weighted by molar-refractivity contribution is 5.92. The van der Waals surface area contributed by atoms with Crippen molar-refractivity contribution in [3.8, 4) is 0 Å². The van der Waals surface area contributed by atoms with Crippen molar-refractivity contribution in [3.63, 3.8) is 0 Å². The van der Waals surface area contributed by atoms with E-state index in [0.717, 1.165) is 12.5 Å². The largest absolute Gasteiger partial charge is 0.478 e. The zero-order chi connectivity index (χ0) is 13.9. The maximum absolute atomic E-state index is 12.1. The third-order valence-corrected chi connectivity index (χ3v) is 4.83. The molecule has 0 spiro atoms. The van der Waals surface area contributed by atoms with Gasteiger partial charge in [-0.15, -0.1) is 0 Å². The summed E-state index contributed by atoms with van der Waals surface area (Å²) < 4.78 is 1.73. The first-order valence-corrected chi connectivity index (χ1v) is 7.05. The lowest BCUT2D eigenvalue weighted by Gasteiger charge is -2.14. The van der Waals surface area contributed by atoms with Gasteiger partial charge in [0.1, 0.15) is 0 Å². The summed E-state index contributed by atoms with van der Waals surface area (Å²) in [6.45, 7) is 0.722. The number of carboxylic acid groups (broad SMARTS) is 1. The molecule has 5 heteroatoms.